The van der Waals surface area contributed by atoms with E-state index in [0.717, 1.165) is 0 Å². The molecule has 0 radical (unpaired) electrons. The van der Waals surface area contributed by atoms with Crippen molar-refractivity contribution in [2.24, 2.45) is 5.92 Å². The van der Waals surface area contributed by atoms with Crippen molar-refractivity contribution in [3.05, 3.63) is 29.3 Å². The van der Waals surface area contributed by atoms with E-state index in [2.05, 4.69) is 10.6 Å². The number of anilines is 1. The van der Waals surface area contributed by atoms with E-state index >= 15 is 0 Å². The van der Waals surface area contributed by atoms with E-state index < -0.39 is 0 Å². The second-order valence-corrected chi connectivity index (χ2v) is 4.48. The van der Waals surface area contributed by atoms with Crippen molar-refractivity contribution in [1.29, 1.82) is 0 Å². The van der Waals surface area contributed by atoms with Gasteiger partial charge in [-0.25, -0.2) is 0 Å². The lowest BCUT2D eigenvalue weighted by atomic mass is 9.98. The summed E-state index contributed by atoms with van der Waals surface area (Å²) >= 11 is 5.82. The summed E-state index contributed by atoms with van der Waals surface area (Å²) in [4.78, 5) is 22.9. The third-order valence-electron chi connectivity index (χ3n) is 2.73. The highest BCUT2D eigenvalue weighted by Crippen LogP contribution is 2.17. The zero-order valence-electron chi connectivity index (χ0n) is 9.20. The Kier molecular flexibility index (Phi) is 3.64. The Hall–Kier alpha value is -1.55. The normalized spacial score (nSPS) is 19.6. The largest absolute Gasteiger partial charge is 0.355 e. The molecule has 1 saturated heterocycles. The van der Waals surface area contributed by atoms with Gasteiger partial charge in [0.25, 0.3) is 0 Å². The summed E-state index contributed by atoms with van der Waals surface area (Å²) in [6.45, 7) is 0.408. The second-order valence-electron chi connectivity index (χ2n) is 4.04. The molecule has 1 aliphatic rings. The molecule has 2 N–H and O–H groups in total. The highest BCUT2D eigenvalue weighted by molar-refractivity contribution is 6.30. The minimum Gasteiger partial charge on any atom is -0.355 e. The van der Waals surface area contributed by atoms with Crippen molar-refractivity contribution < 1.29 is 9.59 Å². The molecule has 1 fully saturated rings. The first-order valence-electron chi connectivity index (χ1n) is 5.48. The smallest absolute Gasteiger partial charge is 0.229 e. The zero-order valence-corrected chi connectivity index (χ0v) is 9.96. The van der Waals surface area contributed by atoms with Crippen LogP contribution in [0.2, 0.25) is 5.02 Å². The van der Waals surface area contributed by atoms with Gasteiger partial charge in [-0.05, 0) is 24.6 Å². The zero-order chi connectivity index (χ0) is 12.3. The average molecular weight is 253 g/mol. The first-order valence-corrected chi connectivity index (χ1v) is 5.86. The number of rotatable bonds is 2. The molecule has 1 aromatic rings. The minimum atomic E-state index is -0.160. The lowest BCUT2D eigenvalue weighted by Gasteiger charge is -2.21. The van der Waals surface area contributed by atoms with Gasteiger partial charge in [0.1, 0.15) is 0 Å². The Bertz CT molecular complexity index is 438. The third kappa shape index (κ3) is 3.20. The van der Waals surface area contributed by atoms with E-state index in [1.54, 1.807) is 24.3 Å². The standard InChI is InChI=1S/C12H13ClN2O2/c13-9-2-1-3-10(6-9)15-12(17)8-4-5-11(16)14-7-8/h1-3,6,8H,4-5,7H2,(H,14,16)(H,15,17)/t8-/m0/s1. The molecule has 2 amide bonds. The SMILES string of the molecule is O=C1CC[C@H](C(=O)Nc2cccc(Cl)c2)CN1. The molecule has 0 spiro atoms. The highest BCUT2D eigenvalue weighted by atomic mass is 35.5. The molecule has 1 aromatic carbocycles. The van der Waals surface area contributed by atoms with Gasteiger partial charge in [-0.3, -0.25) is 9.59 Å². The van der Waals surface area contributed by atoms with Crippen LogP contribution in [0, 0.1) is 5.92 Å². The van der Waals surface area contributed by atoms with Crippen molar-refractivity contribution in [2.75, 3.05) is 11.9 Å². The van der Waals surface area contributed by atoms with Gasteiger partial charge in [0.2, 0.25) is 11.8 Å². The van der Waals surface area contributed by atoms with Gasteiger partial charge in [0.05, 0.1) is 5.92 Å². The van der Waals surface area contributed by atoms with Crippen molar-refractivity contribution in [3.8, 4) is 0 Å². The predicted molar refractivity (Wildman–Crippen MR) is 65.8 cm³/mol. The van der Waals surface area contributed by atoms with Crippen LogP contribution in [0.4, 0.5) is 5.69 Å². The number of halogens is 1. The number of carbonyl (C=O) groups is 2. The van der Waals surface area contributed by atoms with Gasteiger partial charge >= 0.3 is 0 Å². The fourth-order valence-electron chi connectivity index (χ4n) is 1.77. The fourth-order valence-corrected chi connectivity index (χ4v) is 1.96. The molecule has 0 aromatic heterocycles. The van der Waals surface area contributed by atoms with E-state index in [1.807, 2.05) is 0 Å². The maximum atomic E-state index is 11.9. The fraction of sp³-hybridized carbons (Fsp3) is 0.333. The van der Waals surface area contributed by atoms with Crippen molar-refractivity contribution in [3.63, 3.8) is 0 Å². The van der Waals surface area contributed by atoms with Gasteiger partial charge < -0.3 is 10.6 Å². The van der Waals surface area contributed by atoms with Gasteiger partial charge in [-0.2, -0.15) is 0 Å². The molecule has 1 atom stereocenters. The molecule has 0 bridgehead atoms. The van der Waals surface area contributed by atoms with Crippen LogP contribution in [0.1, 0.15) is 12.8 Å². The van der Waals surface area contributed by atoms with Crippen LogP contribution in [0.3, 0.4) is 0 Å². The number of nitrogens with one attached hydrogen (secondary N) is 2. The molecule has 0 saturated carbocycles. The number of hydrogen-bond acceptors (Lipinski definition) is 2. The Labute approximate surface area is 104 Å². The van der Waals surface area contributed by atoms with E-state index in [-0.39, 0.29) is 17.7 Å². The summed E-state index contributed by atoms with van der Waals surface area (Å²) in [6, 6.07) is 7.00. The molecule has 90 valence electrons. The van der Waals surface area contributed by atoms with Gasteiger partial charge in [0.15, 0.2) is 0 Å². The summed E-state index contributed by atoms with van der Waals surface area (Å²) in [5.74, 6) is -0.226. The summed E-state index contributed by atoms with van der Waals surface area (Å²) in [5, 5.41) is 6.06. The maximum absolute atomic E-state index is 11.9. The molecular formula is C12H13ClN2O2. The average Bonchev–Trinajstić information content (AvgIpc) is 2.29. The predicted octanol–water partition coefficient (Wildman–Crippen LogP) is 1.80. The maximum Gasteiger partial charge on any atom is 0.229 e. The topological polar surface area (TPSA) is 58.2 Å². The summed E-state index contributed by atoms with van der Waals surface area (Å²) < 4.78 is 0. The Morgan fingerprint density at radius 3 is 2.94 bits per heavy atom. The van der Waals surface area contributed by atoms with Crippen LogP contribution in [-0.2, 0) is 9.59 Å². The lowest BCUT2D eigenvalue weighted by molar-refractivity contribution is -0.126. The number of carbonyl (C=O) groups excluding carboxylic acids is 2. The molecule has 1 heterocycles. The molecule has 4 nitrogen and oxygen atoms in total. The quantitative estimate of drug-likeness (QED) is 0.843. The van der Waals surface area contributed by atoms with Crippen LogP contribution < -0.4 is 10.6 Å². The van der Waals surface area contributed by atoms with Crippen molar-refractivity contribution in [1.82, 2.24) is 5.32 Å². The molecule has 1 aliphatic heterocycles. The van der Waals surface area contributed by atoms with Crippen LogP contribution >= 0.6 is 11.6 Å². The molecule has 2 rings (SSSR count). The second kappa shape index (κ2) is 5.19. The van der Waals surface area contributed by atoms with Crippen LogP contribution in [0.25, 0.3) is 0 Å². The van der Waals surface area contributed by atoms with Crippen molar-refractivity contribution in [2.45, 2.75) is 12.8 Å². The molecule has 5 heteroatoms. The number of benzene rings is 1. The van der Waals surface area contributed by atoms with Crippen LogP contribution in [0.15, 0.2) is 24.3 Å². The monoisotopic (exact) mass is 252 g/mol. The lowest BCUT2D eigenvalue weighted by Crippen LogP contribution is -2.40. The van der Waals surface area contributed by atoms with Crippen molar-refractivity contribution >= 4 is 29.1 Å². The van der Waals surface area contributed by atoms with Gasteiger partial charge in [-0.1, -0.05) is 17.7 Å². The molecule has 17 heavy (non-hydrogen) atoms. The third-order valence-corrected chi connectivity index (χ3v) is 2.96. The Morgan fingerprint density at radius 2 is 2.29 bits per heavy atom. The van der Waals surface area contributed by atoms with Gasteiger partial charge in [-0.15, -0.1) is 0 Å². The summed E-state index contributed by atoms with van der Waals surface area (Å²) in [6.07, 6.45) is 1.01. The molecule has 0 unspecified atom stereocenters. The van der Waals surface area contributed by atoms with Crippen LogP contribution in [0.5, 0.6) is 0 Å². The first-order chi connectivity index (χ1) is 8.15. The molecular weight excluding hydrogens is 240 g/mol. The number of amides is 2. The Balaban J connectivity index is 1.95. The van der Waals surface area contributed by atoms with Crippen LogP contribution in [-0.4, -0.2) is 18.4 Å². The number of piperidine rings is 1. The van der Waals surface area contributed by atoms with E-state index in [1.165, 1.54) is 0 Å². The molecule has 0 aliphatic carbocycles. The van der Waals surface area contributed by atoms with E-state index in [4.69, 9.17) is 11.6 Å². The highest BCUT2D eigenvalue weighted by Gasteiger charge is 2.24. The van der Waals surface area contributed by atoms with E-state index in [9.17, 15) is 9.59 Å². The first kappa shape index (κ1) is 11.9. The summed E-state index contributed by atoms with van der Waals surface area (Å²) in [5.41, 5.74) is 0.680. The van der Waals surface area contributed by atoms with Gasteiger partial charge in [0, 0.05) is 23.7 Å². The Morgan fingerprint density at radius 1 is 1.47 bits per heavy atom. The minimum absolute atomic E-state index is 0.0109. The summed E-state index contributed by atoms with van der Waals surface area (Å²) in [7, 11) is 0. The number of hydrogen-bond donors (Lipinski definition) is 2. The van der Waals surface area contributed by atoms with E-state index in [0.29, 0.717) is 30.1 Å².